The second-order valence-electron chi connectivity index (χ2n) is 4.81. The second kappa shape index (κ2) is 9.42. The molecule has 102 valence electrons. The Morgan fingerprint density at radius 2 is 2.00 bits per heavy atom. The molecule has 0 aliphatic carbocycles. The van der Waals surface area contributed by atoms with Crippen LogP contribution in [0, 0.1) is 5.92 Å². The van der Waals surface area contributed by atoms with Crippen LogP contribution in [0.2, 0.25) is 0 Å². The Balaban J connectivity index is 4.02. The lowest BCUT2D eigenvalue weighted by atomic mass is 9.94. The number of aliphatic hydroxyl groups is 1. The molecular formula is C13H28N2O2. The van der Waals surface area contributed by atoms with Crippen molar-refractivity contribution >= 4 is 5.91 Å². The number of hydrogen-bond donors (Lipinski definition) is 2. The molecule has 0 rings (SSSR count). The minimum atomic E-state index is -0.0957. The molecule has 0 saturated heterocycles. The van der Waals surface area contributed by atoms with E-state index >= 15 is 0 Å². The predicted octanol–water partition coefficient (Wildman–Crippen LogP) is 1.37. The maximum atomic E-state index is 11.8. The molecule has 17 heavy (non-hydrogen) atoms. The number of rotatable bonds is 9. The summed E-state index contributed by atoms with van der Waals surface area (Å²) in [6, 6.07) is -0.0957. The second-order valence-corrected chi connectivity index (χ2v) is 4.81. The number of nitrogens with two attached hydrogens (primary N) is 1. The molecule has 0 aromatic rings. The molecule has 4 heteroatoms. The molecule has 0 aliphatic heterocycles. The molecule has 0 aliphatic rings. The first kappa shape index (κ1) is 16.4. The fraction of sp³-hybridized carbons (Fsp3) is 0.923. The van der Waals surface area contributed by atoms with E-state index in [0.717, 1.165) is 25.7 Å². The Bertz CT molecular complexity index is 204. The van der Waals surface area contributed by atoms with E-state index in [9.17, 15) is 4.79 Å². The predicted molar refractivity (Wildman–Crippen MR) is 70.6 cm³/mol. The van der Waals surface area contributed by atoms with Crippen molar-refractivity contribution in [3.8, 4) is 0 Å². The maximum absolute atomic E-state index is 11.8. The highest BCUT2D eigenvalue weighted by Crippen LogP contribution is 2.17. The van der Waals surface area contributed by atoms with E-state index in [0.29, 0.717) is 18.9 Å². The van der Waals surface area contributed by atoms with Gasteiger partial charge in [-0.15, -0.1) is 0 Å². The zero-order chi connectivity index (χ0) is 13.3. The Morgan fingerprint density at radius 3 is 2.47 bits per heavy atom. The zero-order valence-electron chi connectivity index (χ0n) is 11.5. The highest BCUT2D eigenvalue weighted by atomic mass is 16.3. The van der Waals surface area contributed by atoms with Gasteiger partial charge in [0.25, 0.3) is 0 Å². The van der Waals surface area contributed by atoms with Crippen molar-refractivity contribution in [2.45, 2.75) is 52.0 Å². The lowest BCUT2D eigenvalue weighted by Gasteiger charge is -2.24. The maximum Gasteiger partial charge on any atom is 0.222 e. The van der Waals surface area contributed by atoms with Crippen LogP contribution >= 0.6 is 0 Å². The minimum Gasteiger partial charge on any atom is -0.394 e. The van der Waals surface area contributed by atoms with Crippen molar-refractivity contribution in [3.05, 3.63) is 0 Å². The molecule has 2 atom stereocenters. The van der Waals surface area contributed by atoms with E-state index in [1.54, 1.807) is 11.9 Å². The first-order valence-corrected chi connectivity index (χ1v) is 6.63. The van der Waals surface area contributed by atoms with E-state index in [4.69, 9.17) is 10.8 Å². The first-order chi connectivity index (χ1) is 8.06. The number of nitrogens with zero attached hydrogens (tertiary/aromatic N) is 1. The van der Waals surface area contributed by atoms with Crippen molar-refractivity contribution in [1.82, 2.24) is 4.90 Å². The molecule has 0 bridgehead atoms. The van der Waals surface area contributed by atoms with Crippen LogP contribution < -0.4 is 5.73 Å². The summed E-state index contributed by atoms with van der Waals surface area (Å²) in [5, 5.41) is 8.99. The Kier molecular flexibility index (Phi) is 9.09. The van der Waals surface area contributed by atoms with Gasteiger partial charge in [0.1, 0.15) is 0 Å². The molecule has 0 fully saturated rings. The summed E-state index contributed by atoms with van der Waals surface area (Å²) in [6.07, 6.45) is 4.75. The van der Waals surface area contributed by atoms with Crippen LogP contribution in [0.25, 0.3) is 0 Å². The molecule has 0 aromatic carbocycles. The first-order valence-electron chi connectivity index (χ1n) is 6.63. The molecule has 2 unspecified atom stereocenters. The minimum absolute atomic E-state index is 0.0173. The third-order valence-corrected chi connectivity index (χ3v) is 3.36. The molecule has 0 saturated carbocycles. The third-order valence-electron chi connectivity index (χ3n) is 3.36. The van der Waals surface area contributed by atoms with E-state index in [-0.39, 0.29) is 18.6 Å². The van der Waals surface area contributed by atoms with Gasteiger partial charge >= 0.3 is 0 Å². The number of likely N-dealkylation sites (N-methyl/N-ethyl adjacent to an activating group) is 1. The summed E-state index contributed by atoms with van der Waals surface area (Å²) in [4.78, 5) is 13.5. The van der Waals surface area contributed by atoms with E-state index in [1.165, 1.54) is 0 Å². The van der Waals surface area contributed by atoms with Crippen molar-refractivity contribution in [1.29, 1.82) is 0 Å². The summed E-state index contributed by atoms with van der Waals surface area (Å²) in [7, 11) is 1.75. The number of carbonyl (C=O) groups excluding carboxylic acids is 1. The molecule has 0 heterocycles. The van der Waals surface area contributed by atoms with Crippen LogP contribution in [0.4, 0.5) is 0 Å². The van der Waals surface area contributed by atoms with E-state index in [1.807, 2.05) is 6.92 Å². The Morgan fingerprint density at radius 1 is 1.35 bits per heavy atom. The monoisotopic (exact) mass is 244 g/mol. The van der Waals surface area contributed by atoms with Crippen LogP contribution in [0.15, 0.2) is 0 Å². The lowest BCUT2D eigenvalue weighted by molar-refractivity contribution is -0.132. The van der Waals surface area contributed by atoms with Crippen molar-refractivity contribution in [2.75, 3.05) is 20.2 Å². The number of hydrogen-bond acceptors (Lipinski definition) is 3. The molecule has 0 aromatic heterocycles. The summed E-state index contributed by atoms with van der Waals surface area (Å²) in [5.74, 6) is 0.677. The summed E-state index contributed by atoms with van der Waals surface area (Å²) in [6.45, 7) is 4.72. The highest BCUT2D eigenvalue weighted by molar-refractivity contribution is 5.76. The smallest absolute Gasteiger partial charge is 0.222 e. The van der Waals surface area contributed by atoms with Crippen LogP contribution in [0.5, 0.6) is 0 Å². The SMILES string of the molecule is CCCC(CCN)CCC(=O)N(C)C(C)CO. The molecular weight excluding hydrogens is 216 g/mol. The standard InChI is InChI=1S/C13H28N2O2/c1-4-5-12(8-9-14)6-7-13(17)15(3)11(2)10-16/h11-12,16H,4-10,14H2,1-3H3. The third kappa shape index (κ3) is 6.64. The van der Waals surface area contributed by atoms with Crippen LogP contribution in [0.1, 0.15) is 46.0 Å². The fourth-order valence-electron chi connectivity index (χ4n) is 1.95. The van der Waals surface area contributed by atoms with Crippen LogP contribution in [-0.4, -0.2) is 42.2 Å². The van der Waals surface area contributed by atoms with Gasteiger partial charge in [0.05, 0.1) is 12.6 Å². The normalized spacial score (nSPS) is 14.4. The number of carbonyl (C=O) groups is 1. The zero-order valence-corrected chi connectivity index (χ0v) is 11.5. The van der Waals surface area contributed by atoms with Gasteiger partial charge in [-0.2, -0.15) is 0 Å². The number of amides is 1. The molecule has 1 amide bonds. The van der Waals surface area contributed by atoms with E-state index < -0.39 is 0 Å². The lowest BCUT2D eigenvalue weighted by Crippen LogP contribution is -2.37. The highest BCUT2D eigenvalue weighted by Gasteiger charge is 2.16. The van der Waals surface area contributed by atoms with Crippen molar-refractivity contribution < 1.29 is 9.90 Å². The van der Waals surface area contributed by atoms with Gasteiger partial charge < -0.3 is 15.7 Å². The Hall–Kier alpha value is -0.610. The van der Waals surface area contributed by atoms with Gasteiger partial charge in [-0.25, -0.2) is 0 Å². The largest absolute Gasteiger partial charge is 0.394 e. The van der Waals surface area contributed by atoms with Gasteiger partial charge in [-0.3, -0.25) is 4.79 Å². The van der Waals surface area contributed by atoms with Gasteiger partial charge in [0.2, 0.25) is 5.91 Å². The average Bonchev–Trinajstić information content (AvgIpc) is 2.34. The fourth-order valence-corrected chi connectivity index (χ4v) is 1.95. The molecule has 0 radical (unpaired) electrons. The quantitative estimate of drug-likeness (QED) is 0.644. The topological polar surface area (TPSA) is 66.6 Å². The van der Waals surface area contributed by atoms with Crippen molar-refractivity contribution in [3.63, 3.8) is 0 Å². The average molecular weight is 244 g/mol. The van der Waals surface area contributed by atoms with E-state index in [2.05, 4.69) is 6.92 Å². The van der Waals surface area contributed by atoms with Crippen LogP contribution in [0.3, 0.4) is 0 Å². The summed E-state index contributed by atoms with van der Waals surface area (Å²) in [5.41, 5.74) is 5.57. The van der Waals surface area contributed by atoms with Gasteiger partial charge in [0.15, 0.2) is 0 Å². The van der Waals surface area contributed by atoms with Crippen LogP contribution in [-0.2, 0) is 4.79 Å². The van der Waals surface area contributed by atoms with Gasteiger partial charge in [-0.1, -0.05) is 19.8 Å². The summed E-state index contributed by atoms with van der Waals surface area (Å²) >= 11 is 0. The van der Waals surface area contributed by atoms with Gasteiger partial charge in [0, 0.05) is 13.5 Å². The Labute approximate surface area is 105 Å². The van der Waals surface area contributed by atoms with Gasteiger partial charge in [-0.05, 0) is 32.2 Å². The summed E-state index contributed by atoms with van der Waals surface area (Å²) < 4.78 is 0. The molecule has 3 N–H and O–H groups in total. The molecule has 4 nitrogen and oxygen atoms in total. The number of aliphatic hydroxyl groups excluding tert-OH is 1. The molecule has 0 spiro atoms. The van der Waals surface area contributed by atoms with Crippen molar-refractivity contribution in [2.24, 2.45) is 11.7 Å².